The predicted molar refractivity (Wildman–Crippen MR) is 138 cm³/mol. The van der Waals surface area contributed by atoms with Gasteiger partial charge in [0.2, 0.25) is 5.89 Å². The normalized spacial score (nSPS) is 18.0. The van der Waals surface area contributed by atoms with E-state index in [1.54, 1.807) is 18.4 Å². The van der Waals surface area contributed by atoms with E-state index in [1.165, 1.54) is 19.2 Å². The topological polar surface area (TPSA) is 116 Å². The van der Waals surface area contributed by atoms with Crippen molar-refractivity contribution in [3.63, 3.8) is 0 Å². The molecule has 2 aromatic heterocycles. The molecule has 1 aliphatic rings. The van der Waals surface area contributed by atoms with Crippen LogP contribution < -0.4 is 15.8 Å². The lowest BCUT2D eigenvalue weighted by molar-refractivity contribution is -0.140. The maximum Gasteiger partial charge on any atom is 0.433 e. The number of oxazole rings is 1. The molecule has 1 aromatic carbocycles. The number of aromatic nitrogens is 2. The molecule has 0 unspecified atom stereocenters. The zero-order chi connectivity index (χ0) is 27.4. The Morgan fingerprint density at radius 2 is 2.05 bits per heavy atom. The molecular weight excluding hydrogens is 499 g/mol. The summed E-state index contributed by atoms with van der Waals surface area (Å²) in [6.45, 7) is 5.48. The average Bonchev–Trinajstić information content (AvgIpc) is 3.32. The number of ether oxygens (including phenoxy) is 1. The number of nitrogens with zero attached hydrogens (tertiary/aromatic N) is 3. The second-order valence-electron chi connectivity index (χ2n) is 8.91. The van der Waals surface area contributed by atoms with Crippen LogP contribution in [0.15, 0.2) is 58.1 Å². The van der Waals surface area contributed by atoms with Gasteiger partial charge in [-0.25, -0.2) is 9.97 Å². The molecular formula is C27H28F3N5O3. The summed E-state index contributed by atoms with van der Waals surface area (Å²) < 4.78 is 50.8. The Kier molecular flexibility index (Phi) is 7.96. The van der Waals surface area contributed by atoms with E-state index in [2.05, 4.69) is 26.9 Å². The molecule has 0 spiro atoms. The number of pyridine rings is 1. The van der Waals surface area contributed by atoms with Crippen LogP contribution in [-0.4, -0.2) is 35.2 Å². The molecule has 200 valence electrons. The van der Waals surface area contributed by atoms with Gasteiger partial charge in [-0.15, -0.1) is 0 Å². The van der Waals surface area contributed by atoms with Crippen molar-refractivity contribution >= 4 is 23.0 Å². The highest BCUT2D eigenvalue weighted by Crippen LogP contribution is 2.37. The van der Waals surface area contributed by atoms with Crippen LogP contribution in [0.3, 0.4) is 0 Å². The number of hydrogen-bond acceptors (Lipinski definition) is 7. The van der Waals surface area contributed by atoms with Crippen LogP contribution in [0.4, 0.5) is 13.2 Å². The van der Waals surface area contributed by atoms with Gasteiger partial charge in [0.1, 0.15) is 17.0 Å². The quantitative estimate of drug-likeness (QED) is 0.358. The number of rotatable bonds is 9. The SMILES string of the molecule is C=CC=N/C(=C\C)CC1CC(NC(=O)c2nc(-c3ccc(OC)c4nc(C(F)(F)F)ccc34)oc2CN)C1. The molecule has 8 nitrogen and oxygen atoms in total. The number of allylic oxidation sites excluding steroid dienone is 3. The number of carbonyl (C=O) groups is 1. The van der Waals surface area contributed by atoms with Crippen molar-refractivity contribution in [1.82, 2.24) is 15.3 Å². The number of benzene rings is 1. The van der Waals surface area contributed by atoms with Crippen molar-refractivity contribution in [3.05, 3.63) is 65.8 Å². The molecule has 3 N–H and O–H groups in total. The Balaban J connectivity index is 1.54. The lowest BCUT2D eigenvalue weighted by Crippen LogP contribution is -2.44. The average molecular weight is 528 g/mol. The summed E-state index contributed by atoms with van der Waals surface area (Å²) in [5.74, 6) is 0.362. The largest absolute Gasteiger partial charge is 0.494 e. The number of nitrogens with two attached hydrogens (primary N) is 1. The van der Waals surface area contributed by atoms with Gasteiger partial charge in [-0.05, 0) is 56.4 Å². The van der Waals surface area contributed by atoms with E-state index in [4.69, 9.17) is 14.9 Å². The number of carbonyl (C=O) groups excluding carboxylic acids is 1. The number of fused-ring (bicyclic) bond motifs is 1. The van der Waals surface area contributed by atoms with Crippen molar-refractivity contribution in [2.24, 2.45) is 16.6 Å². The first kappa shape index (κ1) is 27.1. The summed E-state index contributed by atoms with van der Waals surface area (Å²) >= 11 is 0. The predicted octanol–water partition coefficient (Wildman–Crippen LogP) is 5.44. The standard InChI is InChI=1S/C27H28F3N5O3/c1-4-10-32-16(5-2)11-15-12-17(13-15)33-25(36)24-21(14-31)38-26(35-24)19-6-8-20(37-3)23-18(19)7-9-22(34-23)27(28,29)30/h4-10,15,17H,1,11-14,31H2,2-3H3,(H,33,36)/b16-5-,32-10?. The number of alkyl halides is 3. The van der Waals surface area contributed by atoms with Crippen molar-refractivity contribution in [2.45, 2.75) is 44.9 Å². The maximum absolute atomic E-state index is 13.3. The molecule has 3 aromatic rings. The molecule has 0 aliphatic heterocycles. The van der Waals surface area contributed by atoms with Crippen molar-refractivity contribution in [1.29, 1.82) is 0 Å². The van der Waals surface area contributed by atoms with Crippen LogP contribution in [0.2, 0.25) is 0 Å². The fourth-order valence-corrected chi connectivity index (χ4v) is 4.45. The summed E-state index contributed by atoms with van der Waals surface area (Å²) in [5.41, 5.74) is 6.13. The lowest BCUT2D eigenvalue weighted by atomic mass is 9.77. The monoisotopic (exact) mass is 527 g/mol. The summed E-state index contributed by atoms with van der Waals surface area (Å²) in [4.78, 5) is 25.5. The Hall–Kier alpha value is -3.99. The first-order valence-electron chi connectivity index (χ1n) is 12.0. The van der Waals surface area contributed by atoms with E-state index < -0.39 is 17.8 Å². The van der Waals surface area contributed by atoms with E-state index in [1.807, 2.05) is 13.0 Å². The second kappa shape index (κ2) is 11.2. The number of amides is 1. The van der Waals surface area contributed by atoms with Gasteiger partial charge in [0.15, 0.2) is 11.5 Å². The molecule has 1 saturated carbocycles. The van der Waals surface area contributed by atoms with Crippen LogP contribution in [-0.2, 0) is 12.7 Å². The third-order valence-electron chi connectivity index (χ3n) is 6.41. The zero-order valence-electron chi connectivity index (χ0n) is 21.0. The van der Waals surface area contributed by atoms with Crippen LogP contribution in [0.1, 0.15) is 48.1 Å². The van der Waals surface area contributed by atoms with Gasteiger partial charge in [0.25, 0.3) is 5.91 Å². The minimum atomic E-state index is -4.62. The summed E-state index contributed by atoms with van der Waals surface area (Å²) in [7, 11) is 1.34. The maximum atomic E-state index is 13.3. The summed E-state index contributed by atoms with van der Waals surface area (Å²) in [6.07, 6.45) is 3.02. The molecule has 4 rings (SSSR count). The van der Waals surface area contributed by atoms with Gasteiger partial charge in [-0.2, -0.15) is 13.2 Å². The molecule has 0 radical (unpaired) electrons. The molecule has 0 bridgehead atoms. The minimum Gasteiger partial charge on any atom is -0.494 e. The Morgan fingerprint density at radius 1 is 1.29 bits per heavy atom. The highest BCUT2D eigenvalue weighted by molar-refractivity contribution is 5.98. The number of hydrogen-bond donors (Lipinski definition) is 2. The number of nitrogens with one attached hydrogen (secondary N) is 1. The van der Waals surface area contributed by atoms with Gasteiger partial charge < -0.3 is 20.2 Å². The van der Waals surface area contributed by atoms with Crippen molar-refractivity contribution < 1.29 is 27.1 Å². The minimum absolute atomic E-state index is 0.00300. The van der Waals surface area contributed by atoms with Gasteiger partial charge in [0, 0.05) is 28.9 Å². The van der Waals surface area contributed by atoms with Crippen molar-refractivity contribution in [3.8, 4) is 17.2 Å². The van der Waals surface area contributed by atoms with E-state index in [0.29, 0.717) is 16.9 Å². The van der Waals surface area contributed by atoms with Crippen molar-refractivity contribution in [2.75, 3.05) is 7.11 Å². The highest BCUT2D eigenvalue weighted by atomic mass is 19.4. The fourth-order valence-electron chi connectivity index (χ4n) is 4.45. The number of methoxy groups -OCH3 is 1. The third kappa shape index (κ3) is 5.62. The third-order valence-corrected chi connectivity index (χ3v) is 6.41. The van der Waals surface area contributed by atoms with E-state index >= 15 is 0 Å². The first-order valence-corrected chi connectivity index (χ1v) is 12.0. The Labute approximate surface area is 217 Å². The summed E-state index contributed by atoms with van der Waals surface area (Å²) in [5, 5.41) is 3.30. The smallest absolute Gasteiger partial charge is 0.433 e. The van der Waals surface area contributed by atoms with Gasteiger partial charge in [-0.1, -0.05) is 18.7 Å². The Morgan fingerprint density at radius 3 is 2.68 bits per heavy atom. The lowest BCUT2D eigenvalue weighted by Gasteiger charge is -2.35. The molecule has 1 amide bonds. The van der Waals surface area contributed by atoms with Crippen LogP contribution in [0, 0.1) is 5.92 Å². The van der Waals surface area contributed by atoms with Crippen LogP contribution in [0.25, 0.3) is 22.4 Å². The summed E-state index contributed by atoms with van der Waals surface area (Å²) in [6, 6.07) is 5.20. The number of halogens is 3. The van der Waals surface area contributed by atoms with Gasteiger partial charge in [-0.3, -0.25) is 9.79 Å². The molecule has 1 aliphatic carbocycles. The first-order chi connectivity index (χ1) is 18.2. The molecule has 0 atom stereocenters. The van der Waals surface area contributed by atoms with Gasteiger partial charge >= 0.3 is 6.18 Å². The van der Waals surface area contributed by atoms with Crippen LogP contribution in [0.5, 0.6) is 5.75 Å². The highest BCUT2D eigenvalue weighted by Gasteiger charge is 2.34. The van der Waals surface area contributed by atoms with E-state index in [-0.39, 0.29) is 41.2 Å². The van der Waals surface area contributed by atoms with E-state index in [9.17, 15) is 18.0 Å². The van der Waals surface area contributed by atoms with Crippen LogP contribution >= 0.6 is 0 Å². The Bertz CT molecular complexity index is 1400. The zero-order valence-corrected chi connectivity index (χ0v) is 21.0. The van der Waals surface area contributed by atoms with Gasteiger partial charge in [0.05, 0.1) is 13.7 Å². The molecule has 1 fully saturated rings. The molecule has 38 heavy (non-hydrogen) atoms. The second-order valence-corrected chi connectivity index (χ2v) is 8.91. The molecule has 2 heterocycles. The molecule has 11 heteroatoms. The molecule has 0 saturated heterocycles. The number of aliphatic imine (C=N–C) groups is 1. The fraction of sp³-hybridized carbons (Fsp3) is 0.333. The van der Waals surface area contributed by atoms with E-state index in [0.717, 1.165) is 31.0 Å².